The van der Waals surface area contributed by atoms with Crippen LogP contribution in [0.15, 0.2) is 47.5 Å². The van der Waals surface area contributed by atoms with E-state index in [0.29, 0.717) is 24.0 Å². The van der Waals surface area contributed by atoms with Crippen molar-refractivity contribution in [1.29, 1.82) is 0 Å². The Morgan fingerprint density at radius 3 is 2.61 bits per heavy atom. The second-order valence-electron chi connectivity index (χ2n) is 8.29. The molecule has 3 aromatic rings. The number of H-pyrrole nitrogens is 1. The molecule has 31 heavy (non-hydrogen) atoms. The van der Waals surface area contributed by atoms with Crippen LogP contribution in [0.1, 0.15) is 30.0 Å². The van der Waals surface area contributed by atoms with Crippen molar-refractivity contribution >= 4 is 20.9 Å². The van der Waals surface area contributed by atoms with Gasteiger partial charge in [-0.2, -0.15) is 0 Å². The lowest BCUT2D eigenvalue weighted by Crippen LogP contribution is -2.44. The molecular weight excluding hydrogens is 410 g/mol. The molecule has 0 saturated carbocycles. The zero-order chi connectivity index (χ0) is 22.0. The minimum absolute atomic E-state index is 0.311. The van der Waals surface area contributed by atoms with Crippen LogP contribution in [0.2, 0.25) is 0 Å². The Hall–Kier alpha value is -2.35. The molecule has 166 valence electrons. The van der Waals surface area contributed by atoms with Crippen LogP contribution in [-0.2, 0) is 22.9 Å². The number of ether oxygens (including phenoxy) is 1. The molecular formula is C24H31N3O3S. The average Bonchev–Trinajstić information content (AvgIpc) is 3.18. The van der Waals surface area contributed by atoms with Crippen molar-refractivity contribution in [3.8, 4) is 5.75 Å². The fraction of sp³-hybridized carbons (Fsp3) is 0.417. The van der Waals surface area contributed by atoms with Crippen molar-refractivity contribution in [2.45, 2.75) is 44.0 Å². The number of nitrogens with one attached hydrogen (secondary N) is 2. The van der Waals surface area contributed by atoms with E-state index in [2.05, 4.69) is 33.8 Å². The van der Waals surface area contributed by atoms with Crippen LogP contribution >= 0.6 is 0 Å². The monoisotopic (exact) mass is 441 g/mol. The van der Waals surface area contributed by atoms with Gasteiger partial charge in [0.05, 0.1) is 12.0 Å². The van der Waals surface area contributed by atoms with Crippen LogP contribution < -0.4 is 9.46 Å². The lowest BCUT2D eigenvalue weighted by atomic mass is 9.87. The van der Waals surface area contributed by atoms with E-state index in [-0.39, 0.29) is 0 Å². The first kappa shape index (κ1) is 21.9. The van der Waals surface area contributed by atoms with Gasteiger partial charge in [-0.3, -0.25) is 4.90 Å². The van der Waals surface area contributed by atoms with Gasteiger partial charge in [-0.25, -0.2) is 13.1 Å². The molecule has 1 atom stereocenters. The summed E-state index contributed by atoms with van der Waals surface area (Å²) in [7, 11) is -1.78. The minimum atomic E-state index is -3.50. The molecule has 0 amide bonds. The highest BCUT2D eigenvalue weighted by atomic mass is 32.2. The first-order valence-corrected chi connectivity index (χ1v) is 12.4. The molecule has 2 N–H and O–H groups in total. The maximum absolute atomic E-state index is 12.6. The third-order valence-electron chi connectivity index (χ3n) is 6.16. The molecule has 7 heteroatoms. The van der Waals surface area contributed by atoms with Gasteiger partial charge < -0.3 is 9.72 Å². The highest BCUT2D eigenvalue weighted by molar-refractivity contribution is 7.89. The fourth-order valence-electron chi connectivity index (χ4n) is 4.62. The summed E-state index contributed by atoms with van der Waals surface area (Å²) in [4.78, 5) is 6.10. The molecule has 0 bridgehead atoms. The van der Waals surface area contributed by atoms with Gasteiger partial charge in [0.25, 0.3) is 0 Å². The number of nitrogens with zero attached hydrogens (tertiary/aromatic N) is 1. The van der Waals surface area contributed by atoms with Crippen molar-refractivity contribution in [2.75, 3.05) is 26.7 Å². The average molecular weight is 442 g/mol. The van der Waals surface area contributed by atoms with E-state index in [1.54, 1.807) is 19.2 Å². The van der Waals surface area contributed by atoms with Crippen molar-refractivity contribution < 1.29 is 13.2 Å². The predicted molar refractivity (Wildman–Crippen MR) is 124 cm³/mol. The Morgan fingerprint density at radius 2 is 1.90 bits per heavy atom. The minimum Gasteiger partial charge on any atom is -0.496 e. The summed E-state index contributed by atoms with van der Waals surface area (Å²) < 4.78 is 33.7. The number of aryl methyl sites for hydroxylation is 1. The van der Waals surface area contributed by atoms with Gasteiger partial charge in [-0.15, -0.1) is 0 Å². The summed E-state index contributed by atoms with van der Waals surface area (Å²) in [6.07, 6.45) is 4.97. The smallest absolute Gasteiger partial charge is 0.240 e. The van der Waals surface area contributed by atoms with E-state index < -0.39 is 10.0 Å². The van der Waals surface area contributed by atoms with Crippen molar-refractivity contribution in [1.82, 2.24) is 14.6 Å². The Morgan fingerprint density at radius 1 is 1.13 bits per heavy atom. The van der Waals surface area contributed by atoms with Crippen molar-refractivity contribution in [3.05, 3.63) is 59.3 Å². The van der Waals surface area contributed by atoms with Gasteiger partial charge in [0.15, 0.2) is 0 Å². The Bertz CT molecular complexity index is 1150. The van der Waals surface area contributed by atoms with E-state index in [9.17, 15) is 8.42 Å². The molecule has 1 aromatic heterocycles. The molecule has 0 aliphatic heterocycles. The van der Waals surface area contributed by atoms with Crippen molar-refractivity contribution in [3.63, 3.8) is 0 Å². The van der Waals surface area contributed by atoms with E-state index in [1.165, 1.54) is 16.5 Å². The van der Waals surface area contributed by atoms with Crippen LogP contribution in [0, 0.1) is 6.92 Å². The Balaban J connectivity index is 1.47. The summed E-state index contributed by atoms with van der Waals surface area (Å²) in [6.45, 7) is 6.09. The van der Waals surface area contributed by atoms with Gasteiger partial charge in [-0.05, 0) is 62.6 Å². The number of rotatable bonds is 9. The lowest BCUT2D eigenvalue weighted by Gasteiger charge is -2.34. The molecule has 1 aliphatic carbocycles. The molecule has 1 aliphatic rings. The molecule has 0 saturated heterocycles. The fourth-order valence-corrected chi connectivity index (χ4v) is 5.64. The molecule has 1 heterocycles. The zero-order valence-electron chi connectivity index (χ0n) is 18.4. The molecule has 0 radical (unpaired) electrons. The van der Waals surface area contributed by atoms with E-state index >= 15 is 0 Å². The highest BCUT2D eigenvalue weighted by Crippen LogP contribution is 2.37. The zero-order valence-corrected chi connectivity index (χ0v) is 19.3. The third-order valence-corrected chi connectivity index (χ3v) is 7.63. The SMILES string of the molecule is CCCN(CCNS(=O)(=O)c1ccc(C)cc1)C1Cc2c[nH]c3ccc(OC)c(c23)C1. The number of aromatic amines is 1. The standard InChI is InChI=1S/C24H31N3O3S/c1-4-12-27(13-11-26-31(28,29)20-7-5-17(2)6-8-20)19-14-18-16-25-22-9-10-23(30-3)21(15-19)24(18)22/h5-10,16,19,25-26H,4,11-15H2,1-3H3. The van der Waals surface area contributed by atoms with Crippen LogP contribution in [-0.4, -0.2) is 51.1 Å². The normalized spacial score (nSPS) is 16.2. The number of benzene rings is 2. The predicted octanol–water partition coefficient (Wildman–Crippen LogP) is 3.64. The van der Waals surface area contributed by atoms with Gasteiger partial charge in [-0.1, -0.05) is 24.6 Å². The molecule has 2 aromatic carbocycles. The highest BCUT2D eigenvalue weighted by Gasteiger charge is 2.28. The van der Waals surface area contributed by atoms with Crippen LogP contribution in [0.3, 0.4) is 0 Å². The lowest BCUT2D eigenvalue weighted by molar-refractivity contribution is 0.194. The van der Waals surface area contributed by atoms with Crippen LogP contribution in [0.5, 0.6) is 5.75 Å². The number of hydrogen-bond acceptors (Lipinski definition) is 4. The van der Waals surface area contributed by atoms with Gasteiger partial charge in [0.1, 0.15) is 5.75 Å². The third kappa shape index (κ3) is 4.49. The van der Waals surface area contributed by atoms with Gasteiger partial charge >= 0.3 is 0 Å². The summed E-state index contributed by atoms with van der Waals surface area (Å²) in [5.41, 5.74) is 4.74. The summed E-state index contributed by atoms with van der Waals surface area (Å²) in [5, 5.41) is 1.28. The van der Waals surface area contributed by atoms with Gasteiger partial charge in [0.2, 0.25) is 10.0 Å². The largest absolute Gasteiger partial charge is 0.496 e. The van der Waals surface area contributed by atoms with E-state index in [4.69, 9.17) is 4.74 Å². The maximum atomic E-state index is 12.6. The number of aromatic nitrogens is 1. The topological polar surface area (TPSA) is 74.4 Å². The van der Waals surface area contributed by atoms with Crippen molar-refractivity contribution in [2.24, 2.45) is 0 Å². The molecule has 0 fully saturated rings. The summed E-state index contributed by atoms with van der Waals surface area (Å²) in [6, 6.07) is 11.4. The number of hydrogen-bond donors (Lipinski definition) is 2. The van der Waals surface area contributed by atoms with E-state index in [1.807, 2.05) is 25.1 Å². The quantitative estimate of drug-likeness (QED) is 0.532. The summed E-state index contributed by atoms with van der Waals surface area (Å²) >= 11 is 0. The van der Waals surface area contributed by atoms with Crippen LogP contribution in [0.4, 0.5) is 0 Å². The van der Waals surface area contributed by atoms with E-state index in [0.717, 1.165) is 42.6 Å². The molecule has 6 nitrogen and oxygen atoms in total. The Labute approximate surface area is 184 Å². The first-order chi connectivity index (χ1) is 14.9. The molecule has 0 spiro atoms. The summed E-state index contributed by atoms with van der Waals surface area (Å²) in [5.74, 6) is 0.926. The molecule has 4 rings (SSSR count). The number of methoxy groups -OCH3 is 1. The second-order valence-corrected chi connectivity index (χ2v) is 10.1. The Kier molecular flexibility index (Phi) is 6.36. The first-order valence-electron chi connectivity index (χ1n) is 10.9. The van der Waals surface area contributed by atoms with Crippen LogP contribution in [0.25, 0.3) is 10.9 Å². The van der Waals surface area contributed by atoms with Gasteiger partial charge in [0, 0.05) is 41.8 Å². The molecule has 1 unspecified atom stereocenters. The maximum Gasteiger partial charge on any atom is 0.240 e. The number of sulfonamides is 1. The second kappa shape index (κ2) is 9.02.